The van der Waals surface area contributed by atoms with Crippen LogP contribution >= 0.6 is 0 Å². The van der Waals surface area contributed by atoms with Crippen molar-refractivity contribution in [2.45, 2.75) is 44.1 Å². The van der Waals surface area contributed by atoms with Gasteiger partial charge in [0.2, 0.25) is 5.91 Å². The van der Waals surface area contributed by atoms with Crippen molar-refractivity contribution in [2.24, 2.45) is 0 Å². The SMILES string of the molecule is O=C(Cc1ccccc1[N+](=O)[O-])NC1(CO)CCCCC1. The third kappa shape index (κ3) is 3.78. The fraction of sp³-hybridized carbons (Fsp3) is 0.533. The highest BCUT2D eigenvalue weighted by Gasteiger charge is 2.33. The van der Waals surface area contributed by atoms with Gasteiger partial charge in [-0.05, 0) is 12.8 Å². The first-order valence-corrected chi connectivity index (χ1v) is 7.20. The molecule has 114 valence electrons. The smallest absolute Gasteiger partial charge is 0.273 e. The number of para-hydroxylation sites is 1. The number of hydrogen-bond donors (Lipinski definition) is 2. The normalized spacial score (nSPS) is 17.2. The molecule has 0 radical (unpaired) electrons. The van der Waals surface area contributed by atoms with Gasteiger partial charge in [0.15, 0.2) is 0 Å². The monoisotopic (exact) mass is 292 g/mol. The van der Waals surface area contributed by atoms with E-state index in [0.717, 1.165) is 32.1 Å². The number of nitro benzene ring substituents is 1. The molecular formula is C15H20N2O4. The molecule has 1 amide bonds. The summed E-state index contributed by atoms with van der Waals surface area (Å²) in [6.07, 6.45) is 4.54. The zero-order chi connectivity index (χ0) is 15.3. The summed E-state index contributed by atoms with van der Waals surface area (Å²) in [7, 11) is 0. The lowest BCUT2D eigenvalue weighted by Crippen LogP contribution is -2.53. The molecule has 0 bridgehead atoms. The van der Waals surface area contributed by atoms with Crippen molar-refractivity contribution in [1.29, 1.82) is 0 Å². The number of hydrogen-bond acceptors (Lipinski definition) is 4. The molecule has 1 saturated carbocycles. The van der Waals surface area contributed by atoms with E-state index in [9.17, 15) is 20.0 Å². The number of carbonyl (C=O) groups excluding carboxylic acids is 1. The molecule has 1 aromatic rings. The first kappa shape index (κ1) is 15.4. The Balaban J connectivity index is 2.06. The van der Waals surface area contributed by atoms with Crippen molar-refractivity contribution >= 4 is 11.6 Å². The molecular weight excluding hydrogens is 272 g/mol. The van der Waals surface area contributed by atoms with Crippen molar-refractivity contribution in [3.8, 4) is 0 Å². The van der Waals surface area contributed by atoms with E-state index >= 15 is 0 Å². The van der Waals surface area contributed by atoms with E-state index in [1.807, 2.05) is 0 Å². The maximum atomic E-state index is 12.2. The van der Waals surface area contributed by atoms with Crippen LogP contribution in [0.25, 0.3) is 0 Å². The Bertz CT molecular complexity index is 524. The lowest BCUT2D eigenvalue weighted by atomic mass is 9.82. The van der Waals surface area contributed by atoms with Crippen molar-refractivity contribution in [1.82, 2.24) is 5.32 Å². The summed E-state index contributed by atoms with van der Waals surface area (Å²) in [5.41, 5.74) is -0.211. The predicted molar refractivity (Wildman–Crippen MR) is 77.8 cm³/mol. The minimum Gasteiger partial charge on any atom is -0.394 e. The molecule has 0 heterocycles. The quantitative estimate of drug-likeness (QED) is 0.641. The minimum atomic E-state index is -0.557. The Morgan fingerprint density at radius 1 is 1.29 bits per heavy atom. The third-order valence-corrected chi connectivity index (χ3v) is 4.06. The lowest BCUT2D eigenvalue weighted by Gasteiger charge is -2.36. The van der Waals surface area contributed by atoms with Crippen LogP contribution in [-0.2, 0) is 11.2 Å². The van der Waals surface area contributed by atoms with Gasteiger partial charge in [0, 0.05) is 11.6 Å². The molecule has 2 rings (SSSR count). The maximum absolute atomic E-state index is 12.2. The Morgan fingerprint density at radius 3 is 2.57 bits per heavy atom. The Morgan fingerprint density at radius 2 is 1.95 bits per heavy atom. The highest BCUT2D eigenvalue weighted by molar-refractivity contribution is 5.80. The van der Waals surface area contributed by atoms with Crippen LogP contribution in [-0.4, -0.2) is 28.1 Å². The molecule has 0 spiro atoms. The molecule has 0 aliphatic heterocycles. The average molecular weight is 292 g/mol. The van der Waals surface area contributed by atoms with Gasteiger partial charge in [-0.2, -0.15) is 0 Å². The number of nitrogens with zero attached hydrogens (tertiary/aromatic N) is 1. The van der Waals surface area contributed by atoms with Crippen LogP contribution in [0.2, 0.25) is 0 Å². The minimum absolute atomic E-state index is 0.0428. The van der Waals surface area contributed by atoms with E-state index in [2.05, 4.69) is 5.32 Å². The molecule has 21 heavy (non-hydrogen) atoms. The van der Waals surface area contributed by atoms with Crippen LogP contribution in [0.3, 0.4) is 0 Å². The summed E-state index contributed by atoms with van der Waals surface area (Å²) in [5.74, 6) is -0.278. The summed E-state index contributed by atoms with van der Waals surface area (Å²) in [4.78, 5) is 22.6. The van der Waals surface area contributed by atoms with Gasteiger partial charge in [-0.1, -0.05) is 37.5 Å². The van der Waals surface area contributed by atoms with Crippen LogP contribution in [0, 0.1) is 10.1 Å². The first-order valence-electron chi connectivity index (χ1n) is 7.20. The summed E-state index contributed by atoms with van der Waals surface area (Å²) < 4.78 is 0. The van der Waals surface area contributed by atoms with Gasteiger partial charge in [-0.25, -0.2) is 0 Å². The molecule has 0 aromatic heterocycles. The second-order valence-electron chi connectivity index (χ2n) is 5.61. The summed E-state index contributed by atoms with van der Waals surface area (Å²) in [6, 6.07) is 6.24. The largest absolute Gasteiger partial charge is 0.394 e. The molecule has 1 aromatic carbocycles. The molecule has 6 heteroatoms. The molecule has 0 atom stereocenters. The van der Waals surface area contributed by atoms with Gasteiger partial charge in [0.05, 0.1) is 23.5 Å². The predicted octanol–water partition coefficient (Wildman–Crippen LogP) is 1.95. The second-order valence-corrected chi connectivity index (χ2v) is 5.61. The standard InChI is InChI=1S/C15H20N2O4/c18-11-15(8-4-1-5-9-15)16-14(19)10-12-6-2-3-7-13(12)17(20)21/h2-3,6-7,18H,1,4-5,8-11H2,(H,16,19). The number of aliphatic hydroxyl groups is 1. The van der Waals surface area contributed by atoms with Crippen molar-refractivity contribution < 1.29 is 14.8 Å². The van der Waals surface area contributed by atoms with Gasteiger partial charge in [0.1, 0.15) is 0 Å². The van der Waals surface area contributed by atoms with Crippen molar-refractivity contribution in [2.75, 3.05) is 6.61 Å². The fourth-order valence-corrected chi connectivity index (χ4v) is 2.90. The summed E-state index contributed by atoms with van der Waals surface area (Å²) in [5, 5.41) is 23.4. The first-order chi connectivity index (χ1) is 10.1. The van der Waals surface area contributed by atoms with Crippen molar-refractivity contribution in [3.63, 3.8) is 0 Å². The highest BCUT2D eigenvalue weighted by atomic mass is 16.6. The number of nitro groups is 1. The van der Waals surface area contributed by atoms with E-state index in [-0.39, 0.29) is 24.6 Å². The molecule has 0 unspecified atom stereocenters. The van der Waals surface area contributed by atoms with Gasteiger partial charge in [-0.3, -0.25) is 14.9 Å². The zero-order valence-electron chi connectivity index (χ0n) is 11.9. The average Bonchev–Trinajstić information content (AvgIpc) is 2.48. The van der Waals surface area contributed by atoms with E-state index in [1.165, 1.54) is 6.07 Å². The van der Waals surface area contributed by atoms with Crippen LogP contribution in [0.1, 0.15) is 37.7 Å². The topological polar surface area (TPSA) is 92.5 Å². The zero-order valence-corrected chi connectivity index (χ0v) is 11.9. The fourth-order valence-electron chi connectivity index (χ4n) is 2.90. The molecule has 1 aliphatic rings. The molecule has 0 saturated heterocycles. The van der Waals surface area contributed by atoms with E-state index in [4.69, 9.17) is 0 Å². The Labute approximate surface area is 123 Å². The molecule has 2 N–H and O–H groups in total. The van der Waals surface area contributed by atoms with Gasteiger partial charge in [-0.15, -0.1) is 0 Å². The van der Waals surface area contributed by atoms with Gasteiger partial charge >= 0.3 is 0 Å². The molecule has 1 aliphatic carbocycles. The highest BCUT2D eigenvalue weighted by Crippen LogP contribution is 2.28. The van der Waals surface area contributed by atoms with E-state index < -0.39 is 10.5 Å². The third-order valence-electron chi connectivity index (χ3n) is 4.06. The van der Waals surface area contributed by atoms with Gasteiger partial charge < -0.3 is 10.4 Å². The van der Waals surface area contributed by atoms with Crippen LogP contribution in [0.4, 0.5) is 5.69 Å². The van der Waals surface area contributed by atoms with Crippen LogP contribution in [0.15, 0.2) is 24.3 Å². The number of aliphatic hydroxyl groups excluding tert-OH is 1. The number of amides is 1. The summed E-state index contributed by atoms with van der Waals surface area (Å²) >= 11 is 0. The van der Waals surface area contributed by atoms with E-state index in [0.29, 0.717) is 5.56 Å². The van der Waals surface area contributed by atoms with Crippen molar-refractivity contribution in [3.05, 3.63) is 39.9 Å². The Hall–Kier alpha value is -1.95. The Kier molecular flexibility index (Phi) is 4.90. The molecule has 1 fully saturated rings. The second kappa shape index (κ2) is 6.67. The number of nitrogens with one attached hydrogen (secondary N) is 1. The van der Waals surface area contributed by atoms with E-state index in [1.54, 1.807) is 18.2 Å². The number of benzene rings is 1. The number of carbonyl (C=O) groups is 1. The maximum Gasteiger partial charge on any atom is 0.273 e. The number of rotatable bonds is 5. The van der Waals surface area contributed by atoms with Gasteiger partial charge in [0.25, 0.3) is 5.69 Å². The van der Waals surface area contributed by atoms with Crippen LogP contribution in [0.5, 0.6) is 0 Å². The van der Waals surface area contributed by atoms with Crippen LogP contribution < -0.4 is 5.32 Å². The molecule has 6 nitrogen and oxygen atoms in total. The lowest BCUT2D eigenvalue weighted by molar-refractivity contribution is -0.385. The summed E-state index contributed by atoms with van der Waals surface area (Å²) in [6.45, 7) is -0.0877.